The Hall–Kier alpha value is -1.10. The molecular formula is C14H24N2O3. The van der Waals surface area contributed by atoms with Gasteiger partial charge in [0.1, 0.15) is 0 Å². The maximum Gasteiger partial charge on any atom is 0.307 e. The molecule has 1 aliphatic heterocycles. The Bertz CT molecular complexity index is 338. The Labute approximate surface area is 114 Å². The number of aliphatic carboxylic acids is 1. The van der Waals surface area contributed by atoms with Crippen LogP contribution < -0.4 is 5.32 Å². The molecule has 2 aliphatic rings. The van der Waals surface area contributed by atoms with Crippen LogP contribution >= 0.6 is 0 Å². The average molecular weight is 268 g/mol. The van der Waals surface area contributed by atoms with Crippen LogP contribution in [0.5, 0.6) is 0 Å². The summed E-state index contributed by atoms with van der Waals surface area (Å²) in [4.78, 5) is 25.7. The van der Waals surface area contributed by atoms with Gasteiger partial charge >= 0.3 is 5.97 Å². The lowest BCUT2D eigenvalue weighted by Crippen LogP contribution is -2.47. The number of carboxylic acids is 1. The number of hydrogen-bond donors (Lipinski definition) is 2. The minimum Gasteiger partial charge on any atom is -0.481 e. The van der Waals surface area contributed by atoms with E-state index in [1.165, 1.54) is 0 Å². The maximum absolute atomic E-state index is 12.3. The van der Waals surface area contributed by atoms with Gasteiger partial charge in [0.15, 0.2) is 0 Å². The maximum atomic E-state index is 12.3. The molecule has 1 heterocycles. The van der Waals surface area contributed by atoms with Gasteiger partial charge in [-0.05, 0) is 45.8 Å². The highest BCUT2D eigenvalue weighted by atomic mass is 16.4. The van der Waals surface area contributed by atoms with Crippen molar-refractivity contribution in [2.24, 2.45) is 11.8 Å². The lowest BCUT2D eigenvalue weighted by atomic mass is 9.78. The number of hydrogen-bond acceptors (Lipinski definition) is 3. The van der Waals surface area contributed by atoms with Crippen molar-refractivity contribution in [1.29, 1.82) is 0 Å². The van der Waals surface area contributed by atoms with Gasteiger partial charge in [0.05, 0.1) is 11.8 Å². The number of piperidine rings is 1. The zero-order valence-electron chi connectivity index (χ0n) is 11.6. The van der Waals surface area contributed by atoms with E-state index in [4.69, 9.17) is 0 Å². The van der Waals surface area contributed by atoms with Gasteiger partial charge in [0.2, 0.25) is 5.91 Å². The molecule has 2 rings (SSSR count). The van der Waals surface area contributed by atoms with Crippen LogP contribution in [-0.2, 0) is 9.59 Å². The summed E-state index contributed by atoms with van der Waals surface area (Å²) in [6.45, 7) is 2.00. The van der Waals surface area contributed by atoms with Crippen molar-refractivity contribution in [1.82, 2.24) is 10.2 Å². The second kappa shape index (κ2) is 6.37. The summed E-state index contributed by atoms with van der Waals surface area (Å²) in [5.74, 6) is -1.67. The number of likely N-dealkylation sites (tertiary alicyclic amines) is 1. The van der Waals surface area contributed by atoms with E-state index in [1.807, 2.05) is 0 Å². The Kier molecular flexibility index (Phi) is 4.80. The summed E-state index contributed by atoms with van der Waals surface area (Å²) in [6, 6.07) is 0.222. The normalized spacial score (nSPS) is 29.9. The fourth-order valence-corrected chi connectivity index (χ4v) is 3.20. The molecule has 1 saturated carbocycles. The predicted molar refractivity (Wildman–Crippen MR) is 71.7 cm³/mol. The van der Waals surface area contributed by atoms with Crippen molar-refractivity contribution >= 4 is 11.9 Å². The fourth-order valence-electron chi connectivity index (χ4n) is 3.20. The van der Waals surface area contributed by atoms with Crippen molar-refractivity contribution in [2.45, 2.75) is 44.6 Å². The van der Waals surface area contributed by atoms with Gasteiger partial charge in [0, 0.05) is 6.04 Å². The van der Waals surface area contributed by atoms with Crippen LogP contribution in [0.25, 0.3) is 0 Å². The quantitative estimate of drug-likeness (QED) is 0.804. The molecule has 0 aromatic rings. The number of carbonyl (C=O) groups excluding carboxylic acids is 1. The third-order valence-corrected chi connectivity index (χ3v) is 4.48. The molecule has 0 aromatic heterocycles. The first-order valence-electron chi connectivity index (χ1n) is 7.29. The minimum absolute atomic E-state index is 0.0401. The van der Waals surface area contributed by atoms with Crippen LogP contribution in [0.4, 0.5) is 0 Å². The largest absolute Gasteiger partial charge is 0.481 e. The molecule has 1 aliphatic carbocycles. The van der Waals surface area contributed by atoms with Crippen LogP contribution in [-0.4, -0.2) is 48.1 Å². The van der Waals surface area contributed by atoms with Gasteiger partial charge in [-0.15, -0.1) is 0 Å². The van der Waals surface area contributed by atoms with Gasteiger partial charge < -0.3 is 15.3 Å². The van der Waals surface area contributed by atoms with E-state index >= 15 is 0 Å². The van der Waals surface area contributed by atoms with E-state index in [9.17, 15) is 14.7 Å². The molecule has 2 unspecified atom stereocenters. The highest BCUT2D eigenvalue weighted by molar-refractivity contribution is 5.85. The SMILES string of the molecule is CN1CCC(NC(=O)C2CCCCC2C(=O)O)CC1. The number of carboxylic acid groups (broad SMARTS) is 1. The first-order valence-corrected chi connectivity index (χ1v) is 7.29. The van der Waals surface area contributed by atoms with E-state index in [0.29, 0.717) is 6.42 Å². The molecule has 0 radical (unpaired) electrons. The standard InChI is InChI=1S/C14H24N2O3/c1-16-8-6-10(7-9-16)15-13(17)11-4-2-3-5-12(11)14(18)19/h10-12H,2-9H2,1H3,(H,15,17)(H,18,19). The zero-order valence-corrected chi connectivity index (χ0v) is 11.6. The van der Waals surface area contributed by atoms with Crippen LogP contribution in [0.3, 0.4) is 0 Å². The smallest absolute Gasteiger partial charge is 0.307 e. The average Bonchev–Trinajstić information content (AvgIpc) is 2.41. The molecule has 1 saturated heterocycles. The second-order valence-corrected chi connectivity index (χ2v) is 5.92. The van der Waals surface area contributed by atoms with Crippen molar-refractivity contribution in [3.05, 3.63) is 0 Å². The molecule has 19 heavy (non-hydrogen) atoms. The van der Waals surface area contributed by atoms with Crippen molar-refractivity contribution in [3.8, 4) is 0 Å². The van der Waals surface area contributed by atoms with E-state index in [2.05, 4.69) is 17.3 Å². The number of carbonyl (C=O) groups is 2. The monoisotopic (exact) mass is 268 g/mol. The molecule has 2 fully saturated rings. The summed E-state index contributed by atoms with van der Waals surface area (Å²) in [6.07, 6.45) is 5.18. The van der Waals surface area contributed by atoms with E-state index in [1.54, 1.807) is 0 Å². The van der Waals surface area contributed by atoms with Gasteiger partial charge in [-0.2, -0.15) is 0 Å². The molecule has 1 amide bonds. The van der Waals surface area contributed by atoms with Crippen LogP contribution in [0, 0.1) is 11.8 Å². The topological polar surface area (TPSA) is 69.6 Å². The Morgan fingerprint density at radius 2 is 1.63 bits per heavy atom. The predicted octanol–water partition coefficient (Wildman–Crippen LogP) is 1.09. The molecule has 0 bridgehead atoms. The number of rotatable bonds is 3. The van der Waals surface area contributed by atoms with Crippen molar-refractivity contribution in [2.75, 3.05) is 20.1 Å². The summed E-state index contributed by atoms with van der Waals surface area (Å²) in [5.41, 5.74) is 0. The van der Waals surface area contributed by atoms with E-state index in [0.717, 1.165) is 45.2 Å². The van der Waals surface area contributed by atoms with Gasteiger partial charge in [0.25, 0.3) is 0 Å². The van der Waals surface area contributed by atoms with Crippen LogP contribution in [0.2, 0.25) is 0 Å². The van der Waals surface area contributed by atoms with Gasteiger partial charge in [-0.25, -0.2) is 0 Å². The highest BCUT2D eigenvalue weighted by Gasteiger charge is 2.36. The van der Waals surface area contributed by atoms with Gasteiger partial charge in [-0.1, -0.05) is 12.8 Å². The van der Waals surface area contributed by atoms with E-state index < -0.39 is 11.9 Å². The molecule has 108 valence electrons. The number of nitrogens with one attached hydrogen (secondary N) is 1. The second-order valence-electron chi connectivity index (χ2n) is 5.92. The first-order chi connectivity index (χ1) is 9.08. The lowest BCUT2D eigenvalue weighted by Gasteiger charge is -2.33. The highest BCUT2D eigenvalue weighted by Crippen LogP contribution is 2.30. The molecule has 5 nitrogen and oxygen atoms in total. The zero-order chi connectivity index (χ0) is 13.8. The molecule has 5 heteroatoms. The van der Waals surface area contributed by atoms with Gasteiger partial charge in [-0.3, -0.25) is 9.59 Å². The Morgan fingerprint density at radius 3 is 2.21 bits per heavy atom. The van der Waals surface area contributed by atoms with Crippen molar-refractivity contribution < 1.29 is 14.7 Å². The summed E-state index contributed by atoms with van der Waals surface area (Å²) >= 11 is 0. The van der Waals surface area contributed by atoms with Crippen molar-refractivity contribution in [3.63, 3.8) is 0 Å². The minimum atomic E-state index is -0.816. The summed E-state index contributed by atoms with van der Waals surface area (Å²) < 4.78 is 0. The molecule has 0 aromatic carbocycles. The fraction of sp³-hybridized carbons (Fsp3) is 0.857. The molecule has 2 N–H and O–H groups in total. The molecule has 0 spiro atoms. The Morgan fingerprint density at radius 1 is 1.05 bits per heavy atom. The molecule has 2 atom stereocenters. The summed E-state index contributed by atoms with van der Waals surface area (Å²) in [7, 11) is 2.08. The third kappa shape index (κ3) is 3.69. The van der Waals surface area contributed by atoms with E-state index in [-0.39, 0.29) is 17.9 Å². The number of nitrogens with zero attached hydrogens (tertiary/aromatic N) is 1. The van der Waals surface area contributed by atoms with Crippen LogP contribution in [0.1, 0.15) is 38.5 Å². The first kappa shape index (κ1) is 14.3. The Balaban J connectivity index is 1.89. The molecular weight excluding hydrogens is 244 g/mol. The third-order valence-electron chi connectivity index (χ3n) is 4.48. The lowest BCUT2D eigenvalue weighted by molar-refractivity contribution is -0.149. The van der Waals surface area contributed by atoms with Crippen LogP contribution in [0.15, 0.2) is 0 Å². The summed E-state index contributed by atoms with van der Waals surface area (Å²) in [5, 5.41) is 12.3. The number of amides is 1.